The van der Waals surface area contributed by atoms with Gasteiger partial charge in [0.15, 0.2) is 0 Å². The normalized spacial score (nSPS) is 11.0. The van der Waals surface area contributed by atoms with Gasteiger partial charge in [-0.3, -0.25) is 4.79 Å². The van der Waals surface area contributed by atoms with Gasteiger partial charge in [-0.1, -0.05) is 40.2 Å². The lowest BCUT2D eigenvalue weighted by Crippen LogP contribution is -2.27. The number of amides is 1. The van der Waals surface area contributed by atoms with Crippen LogP contribution in [0, 0.1) is 3.57 Å². The number of rotatable bonds is 6. The second-order valence-electron chi connectivity index (χ2n) is 5.93. The highest BCUT2D eigenvalue weighted by Crippen LogP contribution is 2.26. The summed E-state index contributed by atoms with van der Waals surface area (Å²) in [6, 6.07) is 21.2. The van der Waals surface area contributed by atoms with Crippen molar-refractivity contribution in [2.75, 3.05) is 0 Å². The lowest BCUT2D eigenvalue weighted by Gasteiger charge is -2.09. The monoisotopic (exact) mass is 563 g/mol. The zero-order chi connectivity index (χ0) is 20.8. The van der Waals surface area contributed by atoms with Crippen LogP contribution in [0.2, 0.25) is 0 Å². The van der Waals surface area contributed by atoms with Gasteiger partial charge in [-0.2, -0.15) is 0 Å². The summed E-state index contributed by atoms with van der Waals surface area (Å²) in [6.07, 6.45) is 1.40. The van der Waals surface area contributed by atoms with Crippen LogP contribution < -0.4 is 10.1 Å². The summed E-state index contributed by atoms with van der Waals surface area (Å²) in [5.41, 5.74) is 0.763. The first kappa shape index (κ1) is 21.1. The van der Waals surface area contributed by atoms with Crippen molar-refractivity contribution in [3.8, 4) is 11.5 Å². The van der Waals surface area contributed by atoms with Crippen LogP contribution in [0.4, 0.5) is 0 Å². The molecule has 1 amide bonds. The Labute approximate surface area is 189 Å². The summed E-state index contributed by atoms with van der Waals surface area (Å²) in [5.74, 6) is -0.356. The predicted octanol–water partition coefficient (Wildman–Crippen LogP) is 5.70. The molecular weight excluding hydrogens is 549 g/mol. The summed E-state index contributed by atoms with van der Waals surface area (Å²) in [7, 11) is 0. The van der Waals surface area contributed by atoms with Gasteiger partial charge in [-0.25, -0.2) is 4.79 Å². The Morgan fingerprint density at radius 2 is 1.62 bits per heavy atom. The zero-order valence-electron chi connectivity index (χ0n) is 14.9. The fourth-order valence-corrected chi connectivity index (χ4v) is 3.16. The highest BCUT2D eigenvalue weighted by Gasteiger charge is 2.13. The predicted molar refractivity (Wildman–Crippen MR) is 123 cm³/mol. The second-order valence-corrected chi connectivity index (χ2v) is 8.00. The van der Waals surface area contributed by atoms with E-state index in [1.54, 1.807) is 48.5 Å². The Kier molecular flexibility index (Phi) is 7.05. The minimum atomic E-state index is -1.23. The minimum absolute atomic E-state index is 0.218. The van der Waals surface area contributed by atoms with Gasteiger partial charge < -0.3 is 15.2 Å². The Bertz CT molecular complexity index is 1060. The summed E-state index contributed by atoms with van der Waals surface area (Å²) < 4.78 is 7.64. The van der Waals surface area contributed by atoms with Gasteiger partial charge in [-0.05, 0) is 82.8 Å². The van der Waals surface area contributed by atoms with E-state index in [1.807, 2.05) is 24.3 Å². The standard InChI is InChI=1S/C22H15BrINO4/c23-16-9-7-15(8-10-16)21(26)25-19(22(27)28)13-14-5-11-17(12-6-14)29-20-4-2-1-3-18(20)24/h1-13H,(H,25,26)(H,27,28)/b19-13-. The lowest BCUT2D eigenvalue weighted by molar-refractivity contribution is -0.132. The molecular formula is C22H15BrINO4. The van der Waals surface area contributed by atoms with Crippen molar-refractivity contribution in [2.45, 2.75) is 0 Å². The van der Waals surface area contributed by atoms with Gasteiger partial charge in [0.2, 0.25) is 0 Å². The van der Waals surface area contributed by atoms with Crippen molar-refractivity contribution in [2.24, 2.45) is 0 Å². The molecule has 0 aromatic heterocycles. The number of carbonyl (C=O) groups is 2. The topological polar surface area (TPSA) is 75.6 Å². The van der Waals surface area contributed by atoms with E-state index in [4.69, 9.17) is 4.74 Å². The molecule has 3 rings (SSSR count). The molecule has 7 heteroatoms. The third-order valence-electron chi connectivity index (χ3n) is 3.84. The second kappa shape index (κ2) is 9.71. The van der Waals surface area contributed by atoms with E-state index in [0.29, 0.717) is 16.9 Å². The average molecular weight is 564 g/mol. The van der Waals surface area contributed by atoms with Crippen LogP contribution in [0.15, 0.2) is 83.0 Å². The molecule has 2 N–H and O–H groups in total. The number of benzene rings is 3. The number of ether oxygens (including phenoxy) is 1. The third-order valence-corrected chi connectivity index (χ3v) is 5.26. The Morgan fingerprint density at radius 1 is 0.966 bits per heavy atom. The van der Waals surface area contributed by atoms with E-state index in [0.717, 1.165) is 13.8 Å². The first-order valence-electron chi connectivity index (χ1n) is 8.47. The van der Waals surface area contributed by atoms with E-state index < -0.39 is 11.9 Å². The number of hydrogen-bond acceptors (Lipinski definition) is 3. The molecule has 146 valence electrons. The van der Waals surface area contributed by atoms with Gasteiger partial charge >= 0.3 is 5.97 Å². The first-order valence-corrected chi connectivity index (χ1v) is 10.3. The van der Waals surface area contributed by atoms with Gasteiger partial charge in [0, 0.05) is 10.0 Å². The first-order chi connectivity index (χ1) is 13.9. The van der Waals surface area contributed by atoms with Crippen LogP contribution in [-0.4, -0.2) is 17.0 Å². The highest BCUT2D eigenvalue weighted by atomic mass is 127. The minimum Gasteiger partial charge on any atom is -0.477 e. The van der Waals surface area contributed by atoms with E-state index in [9.17, 15) is 14.7 Å². The summed E-state index contributed by atoms with van der Waals surface area (Å²) in [4.78, 5) is 23.9. The highest BCUT2D eigenvalue weighted by molar-refractivity contribution is 14.1. The van der Waals surface area contributed by atoms with Crippen molar-refractivity contribution < 1.29 is 19.4 Å². The van der Waals surface area contributed by atoms with Crippen LogP contribution >= 0.6 is 38.5 Å². The van der Waals surface area contributed by atoms with E-state index in [1.165, 1.54) is 6.08 Å². The Balaban J connectivity index is 1.75. The number of carboxylic acids is 1. The van der Waals surface area contributed by atoms with Crippen LogP contribution in [0.5, 0.6) is 11.5 Å². The number of carboxylic acid groups (broad SMARTS) is 1. The molecule has 0 heterocycles. The molecule has 0 aliphatic rings. The molecule has 0 radical (unpaired) electrons. The number of hydrogen-bond donors (Lipinski definition) is 2. The number of para-hydroxylation sites is 1. The van der Waals surface area contributed by atoms with Crippen LogP contribution in [-0.2, 0) is 4.79 Å². The molecule has 29 heavy (non-hydrogen) atoms. The number of halogens is 2. The third kappa shape index (κ3) is 5.91. The maximum absolute atomic E-state index is 12.3. The SMILES string of the molecule is O=C(O)/C(=C/c1ccc(Oc2ccccc2I)cc1)NC(=O)c1ccc(Br)cc1. The molecule has 0 saturated heterocycles. The molecule has 3 aromatic rings. The fraction of sp³-hybridized carbons (Fsp3) is 0. The van der Waals surface area contributed by atoms with Crippen LogP contribution in [0.1, 0.15) is 15.9 Å². The quantitative estimate of drug-likeness (QED) is 0.298. The van der Waals surface area contributed by atoms with Gasteiger partial charge in [0.25, 0.3) is 5.91 Å². The molecule has 0 unspecified atom stereocenters. The van der Waals surface area contributed by atoms with Gasteiger partial charge in [0.1, 0.15) is 17.2 Å². The van der Waals surface area contributed by atoms with Gasteiger partial charge in [-0.15, -0.1) is 0 Å². The summed E-state index contributed by atoms with van der Waals surface area (Å²) in [5, 5.41) is 11.9. The molecule has 0 spiro atoms. The van der Waals surface area contributed by atoms with Crippen molar-refractivity contribution in [1.82, 2.24) is 5.32 Å². The van der Waals surface area contributed by atoms with Crippen molar-refractivity contribution in [1.29, 1.82) is 0 Å². The Hall–Kier alpha value is -2.65. The fourth-order valence-electron chi connectivity index (χ4n) is 2.40. The summed E-state index contributed by atoms with van der Waals surface area (Å²) >= 11 is 5.49. The largest absolute Gasteiger partial charge is 0.477 e. The molecule has 0 atom stereocenters. The molecule has 0 aliphatic heterocycles. The smallest absolute Gasteiger partial charge is 0.352 e. The van der Waals surface area contributed by atoms with E-state index >= 15 is 0 Å². The number of nitrogens with one attached hydrogen (secondary N) is 1. The molecule has 0 bridgehead atoms. The number of aliphatic carboxylic acids is 1. The van der Waals surface area contributed by atoms with Crippen molar-refractivity contribution in [3.05, 3.63) is 97.7 Å². The Morgan fingerprint density at radius 3 is 2.24 bits per heavy atom. The molecule has 0 aliphatic carbocycles. The van der Waals surface area contributed by atoms with Gasteiger partial charge in [0.05, 0.1) is 3.57 Å². The number of carbonyl (C=O) groups excluding carboxylic acids is 1. The van der Waals surface area contributed by atoms with Crippen molar-refractivity contribution in [3.63, 3.8) is 0 Å². The maximum atomic E-state index is 12.3. The maximum Gasteiger partial charge on any atom is 0.352 e. The molecule has 5 nitrogen and oxygen atoms in total. The van der Waals surface area contributed by atoms with Crippen molar-refractivity contribution >= 4 is 56.5 Å². The molecule has 0 fully saturated rings. The molecule has 0 saturated carbocycles. The van der Waals surface area contributed by atoms with Crippen LogP contribution in [0.25, 0.3) is 6.08 Å². The zero-order valence-corrected chi connectivity index (χ0v) is 18.7. The van der Waals surface area contributed by atoms with Crippen LogP contribution in [0.3, 0.4) is 0 Å². The van der Waals surface area contributed by atoms with E-state index in [2.05, 4.69) is 43.8 Å². The van der Waals surface area contributed by atoms with E-state index in [-0.39, 0.29) is 5.70 Å². The lowest BCUT2D eigenvalue weighted by atomic mass is 10.1. The molecule has 3 aromatic carbocycles. The summed E-state index contributed by atoms with van der Waals surface area (Å²) in [6.45, 7) is 0. The average Bonchev–Trinajstić information content (AvgIpc) is 2.71.